The van der Waals surface area contributed by atoms with Crippen LogP contribution < -0.4 is 4.74 Å². The van der Waals surface area contributed by atoms with Crippen molar-refractivity contribution in [2.24, 2.45) is 58.2 Å². The normalized spacial score (nSPS) is 40.3. The van der Waals surface area contributed by atoms with Gasteiger partial charge < -0.3 is 9.84 Å². The number of hydrogen-bond donors (Lipinski definition) is 1. The van der Waals surface area contributed by atoms with Gasteiger partial charge in [0.25, 0.3) is 0 Å². The van der Waals surface area contributed by atoms with Crippen molar-refractivity contribution in [1.82, 2.24) is 0 Å². The van der Waals surface area contributed by atoms with E-state index in [2.05, 4.69) is 39.4 Å². The number of aliphatic hydroxyl groups is 1. The Hall–Kier alpha value is -1.23. The Morgan fingerprint density at radius 2 is 1.50 bits per heavy atom. The van der Waals surface area contributed by atoms with Gasteiger partial charge in [0.15, 0.2) is 0 Å². The van der Waals surface area contributed by atoms with Gasteiger partial charge in [-0.05, 0) is 134 Å². The minimum Gasteiger partial charge on any atom is -0.406 e. The number of hydrogen-bond acceptors (Lipinski definition) is 2. The van der Waals surface area contributed by atoms with Crippen LogP contribution in [0.1, 0.15) is 111 Å². The molecule has 5 rings (SSSR count). The van der Waals surface area contributed by atoms with Crippen LogP contribution >= 0.6 is 0 Å². The smallest absolute Gasteiger partial charge is 0.406 e. The molecule has 0 aromatic heterocycles. The topological polar surface area (TPSA) is 29.5 Å². The van der Waals surface area contributed by atoms with Gasteiger partial charge in [-0.3, -0.25) is 0 Å². The minimum atomic E-state index is -4.68. The van der Waals surface area contributed by atoms with Crippen molar-refractivity contribution in [2.75, 3.05) is 0 Å². The number of ether oxygens (including phenoxy) is 1. The maximum absolute atomic E-state index is 12.6. The van der Waals surface area contributed by atoms with E-state index in [0.717, 1.165) is 60.3 Å². The van der Waals surface area contributed by atoms with Crippen molar-refractivity contribution in [3.8, 4) is 5.75 Å². The van der Waals surface area contributed by atoms with Gasteiger partial charge >= 0.3 is 6.36 Å². The molecule has 1 N–H and O–H groups in total. The first-order chi connectivity index (χ1) is 18.8. The third-order valence-corrected chi connectivity index (χ3v) is 12.8. The molecule has 3 unspecified atom stereocenters. The molecule has 1 aromatic carbocycles. The first-order valence-electron chi connectivity index (χ1n) is 16.3. The zero-order valence-electron chi connectivity index (χ0n) is 25.5. The van der Waals surface area contributed by atoms with Crippen molar-refractivity contribution in [3.63, 3.8) is 0 Å². The van der Waals surface area contributed by atoms with Crippen LogP contribution in [0.5, 0.6) is 5.75 Å². The Morgan fingerprint density at radius 3 is 2.17 bits per heavy atom. The Labute approximate surface area is 240 Å². The van der Waals surface area contributed by atoms with E-state index in [0.29, 0.717) is 11.3 Å². The highest BCUT2D eigenvalue weighted by atomic mass is 19.4. The lowest BCUT2D eigenvalue weighted by Gasteiger charge is -2.63. The molecule has 40 heavy (non-hydrogen) atoms. The van der Waals surface area contributed by atoms with Crippen molar-refractivity contribution >= 4 is 0 Å². The highest BCUT2D eigenvalue weighted by Crippen LogP contribution is 2.69. The number of fused-ring (bicyclic) bond motifs is 5. The van der Waals surface area contributed by atoms with Gasteiger partial charge in [-0.15, -0.1) is 13.2 Å². The van der Waals surface area contributed by atoms with E-state index in [1.807, 2.05) is 0 Å². The molecule has 4 saturated carbocycles. The SMILES string of the molecule is CC(C)CCC[C@@H](C)[C@H]1CC[C@H]2[C@@H]3CCC4C(Cc5ccc(OC(F)(F)F)cc5)C(O)CC[C@]4(C)[C@H]3CC[C@]12C. The summed E-state index contributed by atoms with van der Waals surface area (Å²) in [5.74, 6) is 5.32. The van der Waals surface area contributed by atoms with Gasteiger partial charge in [0.2, 0.25) is 0 Å². The lowest BCUT2D eigenvalue weighted by Crippen LogP contribution is -2.57. The first kappa shape index (κ1) is 30.2. The zero-order chi connectivity index (χ0) is 28.9. The van der Waals surface area contributed by atoms with Gasteiger partial charge in [0.05, 0.1) is 6.10 Å². The molecule has 2 nitrogen and oxygen atoms in total. The van der Waals surface area contributed by atoms with E-state index < -0.39 is 6.36 Å². The average Bonchev–Trinajstić information content (AvgIpc) is 3.23. The fourth-order valence-corrected chi connectivity index (χ4v) is 10.9. The molecule has 0 radical (unpaired) electrons. The highest BCUT2D eigenvalue weighted by Gasteiger charge is 2.61. The molecule has 5 heteroatoms. The lowest BCUT2D eigenvalue weighted by molar-refractivity contribution is -0.274. The van der Waals surface area contributed by atoms with Gasteiger partial charge in [-0.2, -0.15) is 0 Å². The molecular weight excluding hydrogens is 509 g/mol. The maximum atomic E-state index is 12.6. The summed E-state index contributed by atoms with van der Waals surface area (Å²) in [5, 5.41) is 11.2. The number of alkyl halides is 3. The van der Waals surface area contributed by atoms with Crippen molar-refractivity contribution in [2.45, 2.75) is 124 Å². The highest BCUT2D eigenvalue weighted by molar-refractivity contribution is 5.28. The first-order valence-corrected chi connectivity index (χ1v) is 16.3. The zero-order valence-corrected chi connectivity index (χ0v) is 25.5. The molecule has 0 saturated heterocycles. The van der Waals surface area contributed by atoms with E-state index in [4.69, 9.17) is 0 Å². The Kier molecular flexibility index (Phi) is 8.66. The predicted molar refractivity (Wildman–Crippen MR) is 155 cm³/mol. The van der Waals surface area contributed by atoms with Crippen LogP contribution in [0.25, 0.3) is 0 Å². The number of rotatable bonds is 8. The quantitative estimate of drug-likeness (QED) is 0.342. The van der Waals surface area contributed by atoms with Gasteiger partial charge in [-0.1, -0.05) is 66.0 Å². The van der Waals surface area contributed by atoms with E-state index in [1.165, 1.54) is 69.9 Å². The third kappa shape index (κ3) is 5.84. The minimum absolute atomic E-state index is 0.166. The predicted octanol–water partition coefficient (Wildman–Crippen LogP) is 9.84. The standard InChI is InChI=1S/C35H53F3O2/c1-22(2)7-6-8-23(3)28-15-16-29-26-13-14-30-27(21-24-9-11-25(12-10-24)40-35(36,37)38)32(39)18-20-34(30,5)31(26)17-19-33(28,29)4/h9-12,22-23,26-32,39H,6-8,13-21H2,1-5H3/t23-,26+,27?,28-,29+,30?,31+,32?,33-,34+/m1/s1. The summed E-state index contributed by atoms with van der Waals surface area (Å²) < 4.78 is 41.9. The molecule has 4 aliphatic carbocycles. The molecule has 0 aliphatic heterocycles. The summed E-state index contributed by atoms with van der Waals surface area (Å²) in [5.41, 5.74) is 1.72. The van der Waals surface area contributed by atoms with E-state index in [-0.39, 0.29) is 23.2 Å². The van der Waals surface area contributed by atoms with Crippen molar-refractivity contribution < 1.29 is 23.0 Å². The molecule has 10 atom stereocenters. The summed E-state index contributed by atoms with van der Waals surface area (Å²) in [4.78, 5) is 0. The van der Waals surface area contributed by atoms with Crippen molar-refractivity contribution in [3.05, 3.63) is 29.8 Å². The summed E-state index contributed by atoms with van der Waals surface area (Å²) in [6.07, 6.45) is 9.69. The molecule has 0 spiro atoms. The molecule has 0 amide bonds. The molecule has 0 bridgehead atoms. The Balaban J connectivity index is 1.28. The van der Waals surface area contributed by atoms with Crippen LogP contribution in [0, 0.1) is 58.2 Å². The Morgan fingerprint density at radius 1 is 0.850 bits per heavy atom. The second-order valence-electron chi connectivity index (χ2n) is 15.3. The van der Waals surface area contributed by atoms with Crippen LogP contribution in [0.4, 0.5) is 13.2 Å². The van der Waals surface area contributed by atoms with Gasteiger partial charge in [-0.25, -0.2) is 0 Å². The number of aliphatic hydroxyl groups excluding tert-OH is 1. The lowest BCUT2D eigenvalue weighted by atomic mass is 9.42. The molecule has 1 aromatic rings. The monoisotopic (exact) mass is 562 g/mol. The van der Waals surface area contributed by atoms with Crippen LogP contribution in [-0.4, -0.2) is 17.6 Å². The van der Waals surface area contributed by atoms with E-state index in [9.17, 15) is 18.3 Å². The molecule has 226 valence electrons. The molecular formula is C35H53F3O2. The van der Waals surface area contributed by atoms with Crippen LogP contribution in [0.3, 0.4) is 0 Å². The van der Waals surface area contributed by atoms with E-state index in [1.54, 1.807) is 12.1 Å². The summed E-state index contributed by atoms with van der Waals surface area (Å²) >= 11 is 0. The summed E-state index contributed by atoms with van der Waals surface area (Å²) in [7, 11) is 0. The number of benzene rings is 1. The van der Waals surface area contributed by atoms with Gasteiger partial charge in [0, 0.05) is 0 Å². The molecule has 0 heterocycles. The van der Waals surface area contributed by atoms with Crippen LogP contribution in [0.2, 0.25) is 0 Å². The summed E-state index contributed by atoms with van der Waals surface area (Å²) in [6.45, 7) is 12.4. The fraction of sp³-hybridized carbons (Fsp3) is 0.829. The largest absolute Gasteiger partial charge is 0.573 e. The fourth-order valence-electron chi connectivity index (χ4n) is 10.9. The molecule has 4 fully saturated rings. The average molecular weight is 563 g/mol. The Bertz CT molecular complexity index is 989. The maximum Gasteiger partial charge on any atom is 0.573 e. The second kappa shape index (κ2) is 11.5. The van der Waals surface area contributed by atoms with E-state index >= 15 is 0 Å². The van der Waals surface area contributed by atoms with Crippen LogP contribution in [-0.2, 0) is 6.42 Å². The number of halogens is 3. The van der Waals surface area contributed by atoms with Crippen LogP contribution in [0.15, 0.2) is 24.3 Å². The van der Waals surface area contributed by atoms with Crippen molar-refractivity contribution in [1.29, 1.82) is 0 Å². The summed E-state index contributed by atoms with van der Waals surface area (Å²) in [6, 6.07) is 6.32. The third-order valence-electron chi connectivity index (χ3n) is 12.8. The van der Waals surface area contributed by atoms with Gasteiger partial charge in [0.1, 0.15) is 5.75 Å². The second-order valence-corrected chi connectivity index (χ2v) is 15.3. The molecule has 4 aliphatic rings.